The maximum atomic E-state index is 10.4. The number of aliphatic hydroxyl groups is 1. The quantitative estimate of drug-likeness (QED) is 0.881. The molecular formula is C14H18N2O2. The zero-order valence-electron chi connectivity index (χ0n) is 10.7. The van der Waals surface area contributed by atoms with Gasteiger partial charge in [-0.3, -0.25) is 0 Å². The molecule has 0 aliphatic heterocycles. The standard InChI is InChI=1S/C14H18N2O2/c1-3-16-10-9-15-14(16)13(17)11-7-5-6-8-12(11)18-4-2/h5-10,13,17H,3-4H2,1-2H3/t13-/m1/s1. The lowest BCUT2D eigenvalue weighted by atomic mass is 10.1. The highest BCUT2D eigenvalue weighted by molar-refractivity contribution is 5.37. The van der Waals surface area contributed by atoms with Crippen LogP contribution >= 0.6 is 0 Å². The summed E-state index contributed by atoms with van der Waals surface area (Å²) >= 11 is 0. The predicted molar refractivity (Wildman–Crippen MR) is 69.6 cm³/mol. The highest BCUT2D eigenvalue weighted by Gasteiger charge is 2.19. The van der Waals surface area contributed by atoms with Crippen LogP contribution in [0.4, 0.5) is 0 Å². The van der Waals surface area contributed by atoms with Crippen molar-refractivity contribution in [3.63, 3.8) is 0 Å². The summed E-state index contributed by atoms with van der Waals surface area (Å²) in [6.45, 7) is 5.30. The lowest BCUT2D eigenvalue weighted by Gasteiger charge is -2.16. The Hall–Kier alpha value is -1.81. The van der Waals surface area contributed by atoms with Crippen molar-refractivity contribution < 1.29 is 9.84 Å². The van der Waals surface area contributed by atoms with Gasteiger partial charge in [-0.2, -0.15) is 0 Å². The van der Waals surface area contributed by atoms with Crippen LogP contribution in [0.2, 0.25) is 0 Å². The number of nitrogens with zero attached hydrogens (tertiary/aromatic N) is 2. The number of hydrogen-bond acceptors (Lipinski definition) is 3. The highest BCUT2D eigenvalue weighted by Crippen LogP contribution is 2.29. The van der Waals surface area contributed by atoms with E-state index in [9.17, 15) is 5.11 Å². The fourth-order valence-corrected chi connectivity index (χ4v) is 1.97. The van der Waals surface area contributed by atoms with Gasteiger partial charge in [0.05, 0.1) is 6.61 Å². The normalized spacial score (nSPS) is 12.4. The molecule has 0 saturated heterocycles. The Labute approximate surface area is 107 Å². The maximum absolute atomic E-state index is 10.4. The second-order valence-electron chi connectivity index (χ2n) is 3.94. The summed E-state index contributed by atoms with van der Waals surface area (Å²) in [6, 6.07) is 7.51. The molecule has 0 spiro atoms. The lowest BCUT2D eigenvalue weighted by Crippen LogP contribution is -2.10. The lowest BCUT2D eigenvalue weighted by molar-refractivity contribution is 0.197. The summed E-state index contributed by atoms with van der Waals surface area (Å²) in [6.07, 6.45) is 2.80. The molecule has 1 heterocycles. The number of benzene rings is 1. The molecule has 96 valence electrons. The largest absolute Gasteiger partial charge is 0.493 e. The van der Waals surface area contributed by atoms with Crippen LogP contribution in [0.15, 0.2) is 36.7 Å². The molecule has 0 aliphatic rings. The van der Waals surface area contributed by atoms with Crippen LogP contribution in [-0.2, 0) is 6.54 Å². The van der Waals surface area contributed by atoms with Gasteiger partial charge in [-0.25, -0.2) is 4.98 Å². The summed E-state index contributed by atoms with van der Waals surface area (Å²) in [5.74, 6) is 1.35. The molecule has 4 nitrogen and oxygen atoms in total. The molecule has 1 aromatic heterocycles. The molecule has 1 atom stereocenters. The van der Waals surface area contributed by atoms with Crippen LogP contribution in [0.25, 0.3) is 0 Å². The molecule has 0 fully saturated rings. The van der Waals surface area contributed by atoms with E-state index in [2.05, 4.69) is 4.98 Å². The van der Waals surface area contributed by atoms with Crippen LogP contribution in [0.3, 0.4) is 0 Å². The van der Waals surface area contributed by atoms with Gasteiger partial charge in [-0.05, 0) is 19.9 Å². The number of aliphatic hydroxyl groups excluding tert-OH is 1. The van der Waals surface area contributed by atoms with Gasteiger partial charge in [0.2, 0.25) is 0 Å². The summed E-state index contributed by atoms with van der Waals surface area (Å²) in [5, 5.41) is 10.4. The molecule has 18 heavy (non-hydrogen) atoms. The minimum Gasteiger partial charge on any atom is -0.493 e. The molecule has 4 heteroatoms. The first-order chi connectivity index (χ1) is 8.77. The molecular weight excluding hydrogens is 228 g/mol. The van der Waals surface area contributed by atoms with E-state index in [1.807, 2.05) is 48.9 Å². The Bertz CT molecular complexity index is 508. The number of para-hydroxylation sites is 1. The second kappa shape index (κ2) is 5.69. The van der Waals surface area contributed by atoms with E-state index < -0.39 is 6.10 Å². The van der Waals surface area contributed by atoms with Crippen molar-refractivity contribution in [2.24, 2.45) is 0 Å². The first kappa shape index (κ1) is 12.6. The average Bonchev–Trinajstić information content (AvgIpc) is 2.87. The molecule has 2 aromatic rings. The first-order valence-electron chi connectivity index (χ1n) is 6.18. The van der Waals surface area contributed by atoms with Gasteiger partial charge in [0.1, 0.15) is 17.7 Å². The second-order valence-corrected chi connectivity index (χ2v) is 3.94. The zero-order chi connectivity index (χ0) is 13.0. The average molecular weight is 246 g/mol. The van der Waals surface area contributed by atoms with Gasteiger partial charge < -0.3 is 14.4 Å². The molecule has 0 radical (unpaired) electrons. The summed E-state index contributed by atoms with van der Waals surface area (Å²) in [5.41, 5.74) is 0.750. The van der Waals surface area contributed by atoms with Crippen molar-refractivity contribution in [3.05, 3.63) is 48.0 Å². The Morgan fingerprint density at radius 3 is 2.83 bits per heavy atom. The van der Waals surface area contributed by atoms with Crippen LogP contribution in [-0.4, -0.2) is 21.3 Å². The van der Waals surface area contributed by atoms with Gasteiger partial charge in [-0.15, -0.1) is 0 Å². The SMILES string of the molecule is CCOc1ccccc1[C@@H](O)c1nccn1CC. The van der Waals surface area contributed by atoms with Gasteiger partial charge in [0.15, 0.2) is 0 Å². The smallest absolute Gasteiger partial charge is 0.142 e. The van der Waals surface area contributed by atoms with Crippen molar-refractivity contribution in [1.82, 2.24) is 9.55 Å². The summed E-state index contributed by atoms with van der Waals surface area (Å²) < 4.78 is 7.46. The van der Waals surface area contributed by atoms with E-state index in [1.165, 1.54) is 0 Å². The van der Waals surface area contributed by atoms with E-state index in [-0.39, 0.29) is 0 Å². The number of aryl methyl sites for hydroxylation is 1. The Morgan fingerprint density at radius 1 is 1.33 bits per heavy atom. The minimum atomic E-state index is -0.761. The molecule has 1 aromatic carbocycles. The van der Waals surface area contributed by atoms with Gasteiger partial charge in [0, 0.05) is 24.5 Å². The summed E-state index contributed by atoms with van der Waals surface area (Å²) in [7, 11) is 0. The fourth-order valence-electron chi connectivity index (χ4n) is 1.97. The van der Waals surface area contributed by atoms with E-state index in [4.69, 9.17) is 4.74 Å². The molecule has 1 N–H and O–H groups in total. The maximum Gasteiger partial charge on any atom is 0.142 e. The van der Waals surface area contributed by atoms with Crippen LogP contribution in [0.5, 0.6) is 5.75 Å². The van der Waals surface area contributed by atoms with E-state index in [0.717, 1.165) is 12.1 Å². The number of hydrogen-bond donors (Lipinski definition) is 1. The number of ether oxygens (including phenoxy) is 1. The van der Waals surface area contributed by atoms with Gasteiger partial charge >= 0.3 is 0 Å². The first-order valence-corrected chi connectivity index (χ1v) is 6.18. The number of aromatic nitrogens is 2. The van der Waals surface area contributed by atoms with Crippen LogP contribution < -0.4 is 4.74 Å². The molecule has 2 rings (SSSR count). The Balaban J connectivity index is 2.36. The topological polar surface area (TPSA) is 47.3 Å². The van der Waals surface area contributed by atoms with Crippen LogP contribution in [0.1, 0.15) is 31.3 Å². The molecule has 0 bridgehead atoms. The third kappa shape index (κ3) is 2.38. The van der Waals surface area contributed by atoms with E-state index >= 15 is 0 Å². The fraction of sp³-hybridized carbons (Fsp3) is 0.357. The van der Waals surface area contributed by atoms with Crippen molar-refractivity contribution >= 4 is 0 Å². The van der Waals surface area contributed by atoms with Gasteiger partial charge in [0.25, 0.3) is 0 Å². The Morgan fingerprint density at radius 2 is 2.11 bits per heavy atom. The van der Waals surface area contributed by atoms with Gasteiger partial charge in [-0.1, -0.05) is 18.2 Å². The molecule has 0 saturated carbocycles. The van der Waals surface area contributed by atoms with Crippen LogP contribution in [0, 0.1) is 0 Å². The third-order valence-corrected chi connectivity index (χ3v) is 2.85. The molecule has 0 unspecified atom stereocenters. The van der Waals surface area contributed by atoms with Crippen molar-refractivity contribution in [2.45, 2.75) is 26.5 Å². The predicted octanol–water partition coefficient (Wildman–Crippen LogP) is 2.38. The minimum absolute atomic E-state index is 0.575. The Kier molecular flexibility index (Phi) is 3.99. The third-order valence-electron chi connectivity index (χ3n) is 2.85. The highest BCUT2D eigenvalue weighted by atomic mass is 16.5. The number of rotatable bonds is 5. The van der Waals surface area contributed by atoms with Crippen molar-refractivity contribution in [1.29, 1.82) is 0 Å². The number of imidazole rings is 1. The molecule has 0 aliphatic carbocycles. The van der Waals surface area contributed by atoms with Crippen molar-refractivity contribution in [3.8, 4) is 5.75 Å². The zero-order valence-corrected chi connectivity index (χ0v) is 10.7. The van der Waals surface area contributed by atoms with Crippen molar-refractivity contribution in [2.75, 3.05) is 6.61 Å². The monoisotopic (exact) mass is 246 g/mol. The van der Waals surface area contributed by atoms with E-state index in [1.54, 1.807) is 6.20 Å². The van der Waals surface area contributed by atoms with E-state index in [0.29, 0.717) is 18.2 Å². The molecule has 0 amide bonds. The summed E-state index contributed by atoms with van der Waals surface area (Å²) in [4.78, 5) is 4.22.